The van der Waals surface area contributed by atoms with Gasteiger partial charge in [-0.2, -0.15) is 0 Å². The fourth-order valence-electron chi connectivity index (χ4n) is 8.52. The number of carbonyl (C=O) groups excluding carboxylic acids is 9. The second-order valence-corrected chi connectivity index (χ2v) is 22.0. The third kappa shape index (κ3) is 28.8. The Balaban J connectivity index is 3.53. The molecule has 0 heterocycles. The van der Waals surface area contributed by atoms with Gasteiger partial charge in [-0.1, -0.05) is 78.3 Å². The molecule has 1 aromatic carbocycles. The minimum absolute atomic E-state index is 0.00195. The van der Waals surface area contributed by atoms with Crippen LogP contribution < -0.4 is 65.1 Å². The van der Waals surface area contributed by atoms with Crippen LogP contribution in [-0.2, 0) is 64.0 Å². The Morgan fingerprint density at radius 2 is 0.833 bits per heavy atom. The molecule has 474 valence electrons. The van der Waals surface area contributed by atoms with Crippen LogP contribution in [-0.4, -0.2) is 171 Å². The molecule has 0 saturated carbocycles. The van der Waals surface area contributed by atoms with Crippen LogP contribution in [0, 0.1) is 17.8 Å². The fraction of sp³-hybridized carbons (Fsp3) is 0.679. The summed E-state index contributed by atoms with van der Waals surface area (Å²) in [5.41, 5.74) is 17.8. The Bertz CT molecular complexity index is 2330. The van der Waals surface area contributed by atoms with Crippen molar-refractivity contribution in [1.29, 1.82) is 0 Å². The number of carboxylic acid groups (broad SMARTS) is 3. The molecule has 0 aliphatic carbocycles. The van der Waals surface area contributed by atoms with E-state index in [1.54, 1.807) is 58.0 Å². The number of carboxylic acids is 3. The van der Waals surface area contributed by atoms with Gasteiger partial charge in [-0.3, -0.25) is 52.7 Å². The maximum Gasteiger partial charge on any atom is 0.326 e. The molecule has 12 atom stereocenters. The molecule has 0 radical (unpaired) electrons. The van der Waals surface area contributed by atoms with E-state index in [0.29, 0.717) is 24.8 Å². The molecular formula is C56H94N12O16. The maximum absolute atomic E-state index is 14.3. The van der Waals surface area contributed by atoms with Crippen LogP contribution in [0.2, 0.25) is 0 Å². The van der Waals surface area contributed by atoms with Crippen molar-refractivity contribution in [2.24, 2.45) is 35.0 Å². The van der Waals surface area contributed by atoms with E-state index in [9.17, 15) is 78.0 Å². The summed E-state index contributed by atoms with van der Waals surface area (Å²) >= 11 is 0. The molecule has 0 bridgehead atoms. The highest BCUT2D eigenvalue weighted by Crippen LogP contribution is 2.15. The topological polar surface area (TPSA) is 472 Å². The van der Waals surface area contributed by atoms with Gasteiger partial charge in [0.15, 0.2) is 0 Å². The summed E-state index contributed by atoms with van der Waals surface area (Å²) in [7, 11) is 0. The van der Waals surface area contributed by atoms with E-state index >= 15 is 0 Å². The van der Waals surface area contributed by atoms with Crippen molar-refractivity contribution in [3.8, 4) is 0 Å². The number of amides is 9. The van der Waals surface area contributed by atoms with E-state index in [2.05, 4.69) is 47.9 Å². The van der Waals surface area contributed by atoms with Gasteiger partial charge >= 0.3 is 17.9 Å². The Morgan fingerprint density at radius 1 is 0.452 bits per heavy atom. The highest BCUT2D eigenvalue weighted by molar-refractivity contribution is 5.98. The van der Waals surface area contributed by atoms with E-state index in [4.69, 9.17) is 17.2 Å². The van der Waals surface area contributed by atoms with Crippen LogP contribution in [0.5, 0.6) is 0 Å². The Hall–Kier alpha value is -7.30. The third-order valence-electron chi connectivity index (χ3n) is 13.7. The lowest BCUT2D eigenvalue weighted by Gasteiger charge is -2.29. The molecule has 12 unspecified atom stereocenters. The Kier molecular flexibility index (Phi) is 34.9. The van der Waals surface area contributed by atoms with E-state index in [0.717, 1.165) is 0 Å². The predicted octanol–water partition coefficient (Wildman–Crippen LogP) is -1.47. The smallest absolute Gasteiger partial charge is 0.326 e. The minimum atomic E-state index is -1.63. The maximum atomic E-state index is 14.3. The van der Waals surface area contributed by atoms with E-state index in [-0.39, 0.29) is 69.9 Å². The molecule has 28 heteroatoms. The molecular weight excluding hydrogens is 1100 g/mol. The summed E-state index contributed by atoms with van der Waals surface area (Å²) in [6, 6.07) is -5.45. The first-order valence-electron chi connectivity index (χ1n) is 28.7. The first-order valence-corrected chi connectivity index (χ1v) is 28.7. The molecule has 0 saturated heterocycles. The van der Waals surface area contributed by atoms with Gasteiger partial charge in [0.1, 0.15) is 60.4 Å². The van der Waals surface area contributed by atoms with Gasteiger partial charge in [-0.25, -0.2) is 4.79 Å². The second kappa shape index (κ2) is 39.3. The van der Waals surface area contributed by atoms with Gasteiger partial charge in [0, 0.05) is 19.3 Å². The number of carbonyl (C=O) groups is 12. The van der Waals surface area contributed by atoms with Gasteiger partial charge < -0.3 is 85.5 Å². The molecule has 28 nitrogen and oxygen atoms in total. The number of rotatable bonds is 42. The van der Waals surface area contributed by atoms with Crippen molar-refractivity contribution in [3.63, 3.8) is 0 Å². The molecule has 0 aromatic heterocycles. The number of aliphatic hydroxyl groups excluding tert-OH is 1. The summed E-state index contributed by atoms with van der Waals surface area (Å²) in [4.78, 5) is 160. The van der Waals surface area contributed by atoms with Crippen molar-refractivity contribution >= 4 is 71.1 Å². The largest absolute Gasteiger partial charge is 0.481 e. The van der Waals surface area contributed by atoms with Gasteiger partial charge in [-0.15, -0.1) is 0 Å². The standard InChI is InChI=1S/C56H94N12O16/c1-9-32(6)46(68-51(78)37(20-14-16-26-58)62-50(77)39(22-24-44(72)73)63-54(81)45(59)34(8)69)55(82)64-38(21-23-43(70)71)48(75)60-33(7)47(74)61-36(19-13-15-25-57)49(76)66-41(29-35-17-11-10-12-18-35)53(80)65-40(27-30(2)3)52(79)67-42(56(83)84)28-31(4)5/h10-12,17-18,30-34,36-42,45-46,69H,9,13-16,19-29,57-59H2,1-8H3,(H,60,75)(H,61,74)(H,62,77)(H,63,81)(H,64,82)(H,65,80)(H,66,76)(H,67,79)(H,68,78)(H,70,71)(H,72,73)(H,83,84). The first kappa shape index (κ1) is 74.7. The molecule has 84 heavy (non-hydrogen) atoms. The van der Waals surface area contributed by atoms with Crippen molar-refractivity contribution in [2.75, 3.05) is 13.1 Å². The third-order valence-corrected chi connectivity index (χ3v) is 13.7. The number of nitrogens with two attached hydrogens (primary N) is 3. The summed E-state index contributed by atoms with van der Waals surface area (Å²) in [6.45, 7) is 13.4. The second-order valence-electron chi connectivity index (χ2n) is 22.0. The molecule has 19 N–H and O–H groups in total. The minimum Gasteiger partial charge on any atom is -0.481 e. The zero-order valence-corrected chi connectivity index (χ0v) is 49.7. The lowest BCUT2D eigenvalue weighted by Crippen LogP contribution is -2.61. The van der Waals surface area contributed by atoms with E-state index in [1.165, 1.54) is 13.8 Å². The van der Waals surface area contributed by atoms with Crippen LogP contribution >= 0.6 is 0 Å². The quantitative estimate of drug-likeness (QED) is 0.0332. The lowest BCUT2D eigenvalue weighted by molar-refractivity contribution is -0.143. The van der Waals surface area contributed by atoms with E-state index in [1.807, 2.05) is 13.8 Å². The zero-order valence-electron chi connectivity index (χ0n) is 49.7. The van der Waals surface area contributed by atoms with Gasteiger partial charge in [0.25, 0.3) is 0 Å². The number of aliphatic carboxylic acids is 3. The van der Waals surface area contributed by atoms with Crippen LogP contribution in [0.25, 0.3) is 0 Å². The predicted molar refractivity (Wildman–Crippen MR) is 308 cm³/mol. The molecule has 9 amide bonds. The van der Waals surface area contributed by atoms with Crippen molar-refractivity contribution in [2.45, 2.75) is 212 Å². The van der Waals surface area contributed by atoms with Crippen molar-refractivity contribution in [3.05, 3.63) is 35.9 Å². The number of hydrogen-bond donors (Lipinski definition) is 16. The molecule has 1 aromatic rings. The number of aliphatic hydroxyl groups is 1. The summed E-state index contributed by atoms with van der Waals surface area (Å²) in [6.07, 6.45) is -1.74. The number of nitrogens with one attached hydrogen (secondary N) is 9. The number of benzene rings is 1. The zero-order chi connectivity index (χ0) is 63.8. The summed E-state index contributed by atoms with van der Waals surface area (Å²) < 4.78 is 0. The molecule has 0 spiro atoms. The van der Waals surface area contributed by atoms with Gasteiger partial charge in [-0.05, 0) is 114 Å². The van der Waals surface area contributed by atoms with Crippen LogP contribution in [0.15, 0.2) is 30.3 Å². The molecule has 0 aliphatic rings. The van der Waals surface area contributed by atoms with Crippen LogP contribution in [0.3, 0.4) is 0 Å². The summed E-state index contributed by atoms with van der Waals surface area (Å²) in [5.74, 6) is -12.9. The van der Waals surface area contributed by atoms with E-state index < -0.39 is 169 Å². The Morgan fingerprint density at radius 3 is 1.29 bits per heavy atom. The lowest BCUT2D eigenvalue weighted by atomic mass is 9.96. The highest BCUT2D eigenvalue weighted by atomic mass is 16.4. The normalized spacial score (nSPS) is 15.5. The van der Waals surface area contributed by atoms with Crippen LogP contribution in [0.4, 0.5) is 0 Å². The number of hydrogen-bond acceptors (Lipinski definition) is 16. The Labute approximate surface area is 491 Å². The van der Waals surface area contributed by atoms with Gasteiger partial charge in [0.05, 0.1) is 6.10 Å². The molecule has 0 fully saturated rings. The van der Waals surface area contributed by atoms with Crippen molar-refractivity contribution < 1.29 is 78.0 Å². The van der Waals surface area contributed by atoms with Crippen LogP contribution in [0.1, 0.15) is 144 Å². The number of unbranched alkanes of at least 4 members (excludes halogenated alkanes) is 2. The fourth-order valence-corrected chi connectivity index (χ4v) is 8.52. The molecule has 1 rings (SSSR count). The van der Waals surface area contributed by atoms with Crippen molar-refractivity contribution in [1.82, 2.24) is 47.9 Å². The monoisotopic (exact) mass is 1190 g/mol. The highest BCUT2D eigenvalue weighted by Gasteiger charge is 2.37. The molecule has 0 aliphatic heterocycles. The summed E-state index contributed by atoms with van der Waals surface area (Å²) in [5, 5.41) is 61.5. The first-order chi connectivity index (χ1) is 39.4. The average molecular weight is 1190 g/mol. The SMILES string of the molecule is CCC(C)C(NC(=O)C(CCCCN)NC(=O)C(CCC(=O)O)NC(=O)C(N)C(C)O)C(=O)NC(CCC(=O)O)C(=O)NC(C)C(=O)NC(CCCCN)C(=O)NC(Cc1ccccc1)C(=O)NC(CC(C)C)C(=O)NC(CC(C)C)C(=O)O. The average Bonchev–Trinajstić information content (AvgIpc) is 3.58. The van der Waals surface area contributed by atoms with Gasteiger partial charge in [0.2, 0.25) is 53.2 Å².